The van der Waals surface area contributed by atoms with E-state index in [-0.39, 0.29) is 12.2 Å². The number of ether oxygens (including phenoxy) is 2. The van der Waals surface area contributed by atoms with E-state index in [2.05, 4.69) is 19.1 Å². The van der Waals surface area contributed by atoms with Crippen LogP contribution >= 0.6 is 0 Å². The third-order valence-electron chi connectivity index (χ3n) is 2.77. The van der Waals surface area contributed by atoms with Crippen molar-refractivity contribution >= 4 is 0 Å². The molecule has 0 aromatic rings. The fourth-order valence-corrected chi connectivity index (χ4v) is 1.94. The molecule has 2 nitrogen and oxygen atoms in total. The molecule has 0 spiro atoms. The summed E-state index contributed by atoms with van der Waals surface area (Å²) >= 11 is 0. The quantitative estimate of drug-likeness (QED) is 0.703. The molecule has 0 radical (unpaired) electrons. The van der Waals surface area contributed by atoms with Crippen LogP contribution in [0.4, 0.5) is 0 Å². The first kappa shape index (κ1) is 10.1. The molecule has 0 N–H and O–H groups in total. The van der Waals surface area contributed by atoms with Crippen LogP contribution in [-0.4, -0.2) is 12.2 Å². The fourth-order valence-electron chi connectivity index (χ4n) is 1.94. The molecule has 0 aromatic carbocycles. The molecule has 0 amide bonds. The van der Waals surface area contributed by atoms with Crippen LogP contribution in [0.3, 0.4) is 0 Å². The van der Waals surface area contributed by atoms with Gasteiger partial charge in [-0.05, 0) is 30.7 Å². The fraction of sp³-hybridized carbons (Fsp3) is 0.385. The monoisotopic (exact) mass is 204 g/mol. The lowest BCUT2D eigenvalue weighted by molar-refractivity contribution is 0.0370. The van der Waals surface area contributed by atoms with Crippen molar-refractivity contribution in [1.82, 2.24) is 0 Å². The third-order valence-corrected chi connectivity index (χ3v) is 2.77. The molecule has 0 saturated carbocycles. The summed E-state index contributed by atoms with van der Waals surface area (Å²) in [6.07, 6.45) is 16.8. The van der Waals surface area contributed by atoms with Gasteiger partial charge in [-0.2, -0.15) is 0 Å². The zero-order valence-corrected chi connectivity index (χ0v) is 8.87. The molecule has 0 aliphatic carbocycles. The Hall–Kier alpha value is -1.44. The molecule has 2 heterocycles. The molecule has 80 valence electrons. The molecule has 0 bridgehead atoms. The number of hydrogen-bond donors (Lipinski definition) is 0. The van der Waals surface area contributed by atoms with Gasteiger partial charge in [-0.25, -0.2) is 0 Å². The van der Waals surface area contributed by atoms with Crippen LogP contribution in [0.5, 0.6) is 0 Å². The smallest absolute Gasteiger partial charge is 0.123 e. The Morgan fingerprint density at radius 3 is 1.80 bits per heavy atom. The predicted octanol–water partition coefficient (Wildman–Crippen LogP) is 2.95. The molecule has 2 atom stereocenters. The second-order valence-corrected chi connectivity index (χ2v) is 3.70. The van der Waals surface area contributed by atoms with E-state index in [4.69, 9.17) is 9.47 Å². The van der Waals surface area contributed by atoms with E-state index in [1.54, 1.807) is 12.5 Å². The van der Waals surface area contributed by atoms with Gasteiger partial charge in [-0.3, -0.25) is 0 Å². The molecule has 2 rings (SSSR count). The van der Waals surface area contributed by atoms with Crippen LogP contribution in [0.15, 0.2) is 49.0 Å². The maximum atomic E-state index is 5.58. The largest absolute Gasteiger partial charge is 0.494 e. The van der Waals surface area contributed by atoms with Gasteiger partial charge in [-0.15, -0.1) is 0 Å². The van der Waals surface area contributed by atoms with E-state index in [0.29, 0.717) is 5.92 Å². The second-order valence-electron chi connectivity index (χ2n) is 3.70. The van der Waals surface area contributed by atoms with Crippen molar-refractivity contribution in [3.63, 3.8) is 0 Å². The van der Waals surface area contributed by atoms with Crippen molar-refractivity contribution in [2.45, 2.75) is 25.6 Å². The average Bonchev–Trinajstić information content (AvgIpc) is 2.33. The summed E-state index contributed by atoms with van der Waals surface area (Å²) in [4.78, 5) is 0. The highest BCUT2D eigenvalue weighted by molar-refractivity contribution is 5.14. The Bertz CT molecular complexity index is 282. The van der Waals surface area contributed by atoms with Crippen molar-refractivity contribution < 1.29 is 9.47 Å². The van der Waals surface area contributed by atoms with Crippen LogP contribution in [-0.2, 0) is 9.47 Å². The van der Waals surface area contributed by atoms with Crippen molar-refractivity contribution in [2.24, 2.45) is 5.92 Å². The molecular formula is C13H16O2. The standard InChI is InChI=1S/C13H16O2/c1-2-11(12-7-3-5-9-14-12)13-8-4-6-10-15-13/h3-13H,2H2,1H3. The van der Waals surface area contributed by atoms with E-state index in [1.807, 2.05) is 24.3 Å². The van der Waals surface area contributed by atoms with Crippen molar-refractivity contribution in [2.75, 3.05) is 0 Å². The maximum Gasteiger partial charge on any atom is 0.123 e. The first-order valence-electron chi connectivity index (χ1n) is 5.39. The predicted molar refractivity (Wildman–Crippen MR) is 60.1 cm³/mol. The summed E-state index contributed by atoms with van der Waals surface area (Å²) in [7, 11) is 0. The van der Waals surface area contributed by atoms with Gasteiger partial charge in [0.15, 0.2) is 0 Å². The van der Waals surface area contributed by atoms with Crippen molar-refractivity contribution in [1.29, 1.82) is 0 Å². The average molecular weight is 204 g/mol. The van der Waals surface area contributed by atoms with Gasteiger partial charge in [0, 0.05) is 5.92 Å². The van der Waals surface area contributed by atoms with E-state index in [0.717, 1.165) is 6.42 Å². The zero-order chi connectivity index (χ0) is 10.5. The minimum Gasteiger partial charge on any atom is -0.494 e. The Morgan fingerprint density at radius 2 is 1.47 bits per heavy atom. The lowest BCUT2D eigenvalue weighted by Crippen LogP contribution is -2.32. The summed E-state index contributed by atoms with van der Waals surface area (Å²) in [6.45, 7) is 2.16. The molecule has 2 aliphatic heterocycles. The van der Waals surface area contributed by atoms with Gasteiger partial charge in [0.1, 0.15) is 12.2 Å². The maximum absolute atomic E-state index is 5.58. The number of allylic oxidation sites excluding steroid dienone is 4. The molecule has 2 unspecified atom stereocenters. The first-order valence-corrected chi connectivity index (χ1v) is 5.39. The summed E-state index contributed by atoms with van der Waals surface area (Å²) in [5.41, 5.74) is 0. The van der Waals surface area contributed by atoms with Crippen molar-refractivity contribution in [3.05, 3.63) is 49.0 Å². The summed E-state index contributed by atoms with van der Waals surface area (Å²) in [5, 5.41) is 0. The highest BCUT2D eigenvalue weighted by Gasteiger charge is 2.27. The lowest BCUT2D eigenvalue weighted by atomic mass is 9.91. The molecule has 2 aliphatic rings. The van der Waals surface area contributed by atoms with Crippen LogP contribution in [0.1, 0.15) is 13.3 Å². The Balaban J connectivity index is 2.03. The van der Waals surface area contributed by atoms with Gasteiger partial charge >= 0.3 is 0 Å². The van der Waals surface area contributed by atoms with Crippen LogP contribution in [0, 0.1) is 5.92 Å². The molecular weight excluding hydrogens is 188 g/mol. The molecule has 0 fully saturated rings. The number of rotatable bonds is 3. The van der Waals surface area contributed by atoms with Gasteiger partial charge in [-0.1, -0.05) is 19.1 Å². The van der Waals surface area contributed by atoms with Gasteiger partial charge in [0.25, 0.3) is 0 Å². The lowest BCUT2D eigenvalue weighted by Gasteiger charge is -2.30. The highest BCUT2D eigenvalue weighted by Crippen LogP contribution is 2.24. The summed E-state index contributed by atoms with van der Waals surface area (Å²) in [5.74, 6) is 0.368. The molecule has 15 heavy (non-hydrogen) atoms. The normalized spacial score (nSPS) is 29.7. The Labute approximate surface area is 90.6 Å². The minimum absolute atomic E-state index is 0.126. The first-order chi connectivity index (χ1) is 7.42. The highest BCUT2D eigenvalue weighted by atomic mass is 16.5. The van der Waals surface area contributed by atoms with Gasteiger partial charge in [0.05, 0.1) is 12.5 Å². The molecule has 0 saturated heterocycles. The zero-order valence-electron chi connectivity index (χ0n) is 8.87. The topological polar surface area (TPSA) is 18.5 Å². The minimum atomic E-state index is 0.126. The van der Waals surface area contributed by atoms with Crippen molar-refractivity contribution in [3.8, 4) is 0 Å². The SMILES string of the molecule is CCC(C1C=CC=CO1)C1C=CC=CO1. The van der Waals surface area contributed by atoms with E-state index < -0.39 is 0 Å². The summed E-state index contributed by atoms with van der Waals surface area (Å²) in [6, 6.07) is 0. The van der Waals surface area contributed by atoms with E-state index >= 15 is 0 Å². The van der Waals surface area contributed by atoms with E-state index in [1.165, 1.54) is 0 Å². The third kappa shape index (κ3) is 2.32. The van der Waals surface area contributed by atoms with Crippen LogP contribution < -0.4 is 0 Å². The number of hydrogen-bond acceptors (Lipinski definition) is 2. The van der Waals surface area contributed by atoms with Crippen LogP contribution in [0.2, 0.25) is 0 Å². The van der Waals surface area contributed by atoms with Gasteiger partial charge < -0.3 is 9.47 Å². The molecule has 2 heteroatoms. The van der Waals surface area contributed by atoms with Gasteiger partial charge in [0.2, 0.25) is 0 Å². The summed E-state index contributed by atoms with van der Waals surface area (Å²) < 4.78 is 11.2. The Morgan fingerprint density at radius 1 is 0.933 bits per heavy atom. The molecule has 0 aromatic heterocycles. The second kappa shape index (κ2) is 4.87. The van der Waals surface area contributed by atoms with Crippen LogP contribution in [0.25, 0.3) is 0 Å². The van der Waals surface area contributed by atoms with E-state index in [9.17, 15) is 0 Å². The Kier molecular flexibility index (Phi) is 3.28.